The van der Waals surface area contributed by atoms with Gasteiger partial charge in [0.1, 0.15) is 0 Å². The molecule has 0 unspecified atom stereocenters. The number of imidazole rings is 1. The second-order valence-corrected chi connectivity index (χ2v) is 2.26. The Labute approximate surface area is 64.0 Å². The lowest BCUT2D eigenvalue weighted by Gasteiger charge is -1.86. The Morgan fingerprint density at radius 1 is 1.36 bits per heavy atom. The van der Waals surface area contributed by atoms with Gasteiger partial charge < -0.3 is 9.72 Å². The minimum atomic E-state index is 0.561. The molecule has 3 nitrogen and oxygen atoms in total. The van der Waals surface area contributed by atoms with Gasteiger partial charge in [0, 0.05) is 0 Å². The van der Waals surface area contributed by atoms with Crippen LogP contribution in [0.3, 0.4) is 0 Å². The molecule has 0 atom stereocenters. The average molecular weight is 148 g/mol. The first-order chi connectivity index (χ1) is 5.40. The van der Waals surface area contributed by atoms with E-state index in [-0.39, 0.29) is 0 Å². The van der Waals surface area contributed by atoms with Gasteiger partial charge in [-0.1, -0.05) is 12.1 Å². The summed E-state index contributed by atoms with van der Waals surface area (Å²) in [7, 11) is 1.59. The van der Waals surface area contributed by atoms with E-state index in [0.29, 0.717) is 6.01 Å². The number of para-hydroxylation sites is 2. The molecule has 0 amide bonds. The summed E-state index contributed by atoms with van der Waals surface area (Å²) in [4.78, 5) is 7.17. The number of nitrogens with zero attached hydrogens (tertiary/aromatic N) is 1. The summed E-state index contributed by atoms with van der Waals surface area (Å²) in [6.45, 7) is 0. The predicted octanol–water partition coefficient (Wildman–Crippen LogP) is 1.57. The zero-order chi connectivity index (χ0) is 7.68. The van der Waals surface area contributed by atoms with Crippen LogP contribution in [0.5, 0.6) is 6.01 Å². The number of hydrogen-bond acceptors (Lipinski definition) is 2. The van der Waals surface area contributed by atoms with E-state index in [0.717, 1.165) is 11.0 Å². The molecule has 0 fully saturated rings. The van der Waals surface area contributed by atoms with Crippen LogP contribution in [0.2, 0.25) is 0 Å². The lowest BCUT2D eigenvalue weighted by Crippen LogP contribution is -1.82. The number of fused-ring (bicyclic) bond motifs is 1. The van der Waals surface area contributed by atoms with Gasteiger partial charge in [-0.25, -0.2) is 0 Å². The molecule has 0 radical (unpaired) electrons. The lowest BCUT2D eigenvalue weighted by atomic mass is 10.3. The molecular weight excluding hydrogens is 140 g/mol. The third-order valence-corrected chi connectivity index (χ3v) is 1.56. The highest BCUT2D eigenvalue weighted by Crippen LogP contribution is 2.13. The fourth-order valence-corrected chi connectivity index (χ4v) is 1.03. The maximum Gasteiger partial charge on any atom is 0.294 e. The van der Waals surface area contributed by atoms with Crippen LogP contribution in [0.1, 0.15) is 0 Å². The van der Waals surface area contributed by atoms with Crippen molar-refractivity contribution in [1.82, 2.24) is 9.97 Å². The molecule has 56 valence electrons. The summed E-state index contributed by atoms with van der Waals surface area (Å²) in [5, 5.41) is 0. The number of aromatic nitrogens is 2. The molecule has 11 heavy (non-hydrogen) atoms. The average Bonchev–Trinajstić information content (AvgIpc) is 2.46. The fourth-order valence-electron chi connectivity index (χ4n) is 1.03. The van der Waals surface area contributed by atoms with Crippen molar-refractivity contribution in [3.63, 3.8) is 0 Å². The molecule has 2 aromatic rings. The highest BCUT2D eigenvalue weighted by Gasteiger charge is 1.98. The van der Waals surface area contributed by atoms with Crippen LogP contribution in [-0.4, -0.2) is 17.1 Å². The van der Waals surface area contributed by atoms with Crippen molar-refractivity contribution in [2.75, 3.05) is 7.11 Å². The van der Waals surface area contributed by atoms with Crippen molar-refractivity contribution in [2.24, 2.45) is 0 Å². The first kappa shape index (κ1) is 6.22. The van der Waals surface area contributed by atoms with Crippen LogP contribution in [0.15, 0.2) is 24.3 Å². The van der Waals surface area contributed by atoms with E-state index in [1.165, 1.54) is 0 Å². The van der Waals surface area contributed by atoms with Gasteiger partial charge in [-0.2, -0.15) is 4.98 Å². The summed E-state index contributed by atoms with van der Waals surface area (Å²) in [6, 6.07) is 8.37. The molecule has 0 aliphatic heterocycles. The molecule has 1 heterocycles. The number of rotatable bonds is 1. The Bertz CT molecular complexity index is 334. The van der Waals surface area contributed by atoms with Crippen LogP contribution in [-0.2, 0) is 0 Å². The Morgan fingerprint density at radius 3 is 2.91 bits per heavy atom. The monoisotopic (exact) mass is 148 g/mol. The Hall–Kier alpha value is -1.51. The first-order valence-electron chi connectivity index (χ1n) is 3.39. The number of aromatic amines is 1. The molecule has 1 N–H and O–H groups in total. The lowest BCUT2D eigenvalue weighted by molar-refractivity contribution is 0.386. The Kier molecular flexibility index (Phi) is 1.28. The maximum absolute atomic E-state index is 4.93. The van der Waals surface area contributed by atoms with E-state index in [1.807, 2.05) is 24.3 Å². The first-order valence-corrected chi connectivity index (χ1v) is 3.39. The molecule has 2 rings (SSSR count). The SMILES string of the molecule is COc1nc2ccccc2[nH]1. The molecule has 0 bridgehead atoms. The molecule has 0 spiro atoms. The maximum atomic E-state index is 4.93. The topological polar surface area (TPSA) is 37.9 Å². The van der Waals surface area contributed by atoms with Gasteiger partial charge in [0.25, 0.3) is 6.01 Å². The standard InChI is InChI=1S/C8H8N2O/c1-11-8-9-6-4-2-3-5-7(6)10-8/h2-5H,1H3,(H,9,10). The van der Waals surface area contributed by atoms with Crippen molar-refractivity contribution in [2.45, 2.75) is 0 Å². The van der Waals surface area contributed by atoms with Crippen LogP contribution >= 0.6 is 0 Å². The number of benzene rings is 1. The van der Waals surface area contributed by atoms with Gasteiger partial charge in [0.15, 0.2) is 0 Å². The van der Waals surface area contributed by atoms with Crippen molar-refractivity contribution < 1.29 is 4.74 Å². The van der Waals surface area contributed by atoms with E-state index < -0.39 is 0 Å². The van der Waals surface area contributed by atoms with Crippen molar-refractivity contribution in [3.05, 3.63) is 24.3 Å². The summed E-state index contributed by atoms with van der Waals surface area (Å²) in [5.41, 5.74) is 1.94. The van der Waals surface area contributed by atoms with Crippen molar-refractivity contribution in [3.8, 4) is 6.01 Å². The van der Waals surface area contributed by atoms with Crippen molar-refractivity contribution in [1.29, 1.82) is 0 Å². The number of hydrogen-bond donors (Lipinski definition) is 1. The van der Waals surface area contributed by atoms with Gasteiger partial charge in [-0.05, 0) is 12.1 Å². The van der Waals surface area contributed by atoms with E-state index in [4.69, 9.17) is 4.74 Å². The molecule has 1 aromatic carbocycles. The van der Waals surface area contributed by atoms with Gasteiger partial charge in [0.2, 0.25) is 0 Å². The Morgan fingerprint density at radius 2 is 2.18 bits per heavy atom. The number of ether oxygens (including phenoxy) is 1. The predicted molar refractivity (Wildman–Crippen MR) is 42.6 cm³/mol. The molecule has 0 saturated carbocycles. The van der Waals surface area contributed by atoms with E-state index in [2.05, 4.69) is 9.97 Å². The van der Waals surface area contributed by atoms with Gasteiger partial charge in [-0.3, -0.25) is 0 Å². The van der Waals surface area contributed by atoms with Crippen LogP contribution in [0.25, 0.3) is 11.0 Å². The zero-order valence-electron chi connectivity index (χ0n) is 6.16. The molecule has 0 saturated heterocycles. The molecular formula is C8H8N2O. The third-order valence-electron chi connectivity index (χ3n) is 1.56. The highest BCUT2D eigenvalue weighted by molar-refractivity contribution is 5.75. The largest absolute Gasteiger partial charge is 0.468 e. The van der Waals surface area contributed by atoms with Crippen LogP contribution in [0.4, 0.5) is 0 Å². The normalized spacial score (nSPS) is 10.3. The van der Waals surface area contributed by atoms with Crippen LogP contribution < -0.4 is 4.74 Å². The van der Waals surface area contributed by atoms with E-state index >= 15 is 0 Å². The van der Waals surface area contributed by atoms with E-state index in [1.54, 1.807) is 7.11 Å². The number of H-pyrrole nitrogens is 1. The summed E-state index contributed by atoms with van der Waals surface area (Å²) < 4.78 is 4.93. The van der Waals surface area contributed by atoms with Crippen LogP contribution in [0, 0.1) is 0 Å². The molecule has 0 aliphatic rings. The fraction of sp³-hybridized carbons (Fsp3) is 0.125. The summed E-state index contributed by atoms with van der Waals surface area (Å²) >= 11 is 0. The smallest absolute Gasteiger partial charge is 0.294 e. The second-order valence-electron chi connectivity index (χ2n) is 2.26. The van der Waals surface area contributed by atoms with Crippen molar-refractivity contribution >= 4 is 11.0 Å². The minimum absolute atomic E-state index is 0.561. The number of nitrogens with one attached hydrogen (secondary N) is 1. The summed E-state index contributed by atoms with van der Waals surface area (Å²) in [5.74, 6) is 0. The van der Waals surface area contributed by atoms with Gasteiger partial charge >= 0.3 is 0 Å². The third kappa shape index (κ3) is 0.941. The summed E-state index contributed by atoms with van der Waals surface area (Å²) in [6.07, 6.45) is 0. The van der Waals surface area contributed by atoms with Gasteiger partial charge in [0.05, 0.1) is 18.1 Å². The van der Waals surface area contributed by atoms with Gasteiger partial charge in [-0.15, -0.1) is 0 Å². The molecule has 0 aliphatic carbocycles. The molecule has 3 heteroatoms. The minimum Gasteiger partial charge on any atom is -0.468 e. The quantitative estimate of drug-likeness (QED) is 0.666. The molecule has 1 aromatic heterocycles. The Balaban J connectivity index is 2.69. The highest BCUT2D eigenvalue weighted by atomic mass is 16.5. The van der Waals surface area contributed by atoms with E-state index in [9.17, 15) is 0 Å². The zero-order valence-corrected chi connectivity index (χ0v) is 6.16. The number of methoxy groups -OCH3 is 1. The second kappa shape index (κ2) is 2.27.